The molecule has 2 rings (SSSR count). The van der Waals surface area contributed by atoms with E-state index in [1.165, 1.54) is 16.7 Å². The van der Waals surface area contributed by atoms with Crippen LogP contribution in [0.1, 0.15) is 31.4 Å². The van der Waals surface area contributed by atoms with Crippen molar-refractivity contribution in [2.24, 2.45) is 5.73 Å². The summed E-state index contributed by atoms with van der Waals surface area (Å²) in [4.78, 5) is 0. The number of methoxy groups -OCH3 is 1. The molecule has 2 nitrogen and oxygen atoms in total. The highest BCUT2D eigenvalue weighted by Gasteiger charge is 2.21. The lowest BCUT2D eigenvalue weighted by Gasteiger charge is -2.27. The number of rotatable bonds is 2. The maximum absolute atomic E-state index is 6.13. The van der Waals surface area contributed by atoms with E-state index in [1.807, 2.05) is 6.07 Å². The van der Waals surface area contributed by atoms with E-state index >= 15 is 0 Å². The summed E-state index contributed by atoms with van der Waals surface area (Å²) in [6.07, 6.45) is 4.32. The fourth-order valence-electron chi connectivity index (χ4n) is 2.10. The van der Waals surface area contributed by atoms with Crippen LogP contribution in [0.3, 0.4) is 0 Å². The predicted molar refractivity (Wildman–Crippen MR) is 67.6 cm³/mol. The van der Waals surface area contributed by atoms with Gasteiger partial charge in [0, 0.05) is 5.54 Å². The van der Waals surface area contributed by atoms with Crippen LogP contribution in [-0.4, -0.2) is 12.6 Å². The SMILES string of the molecule is COc1ccc2c(c1)CCC(C(C)(C)N)=C2. The van der Waals surface area contributed by atoms with Crippen LogP contribution in [0.4, 0.5) is 0 Å². The molecule has 1 aliphatic rings. The van der Waals surface area contributed by atoms with Gasteiger partial charge in [0.1, 0.15) is 5.75 Å². The van der Waals surface area contributed by atoms with E-state index in [1.54, 1.807) is 7.11 Å². The highest BCUT2D eigenvalue weighted by Crippen LogP contribution is 2.31. The summed E-state index contributed by atoms with van der Waals surface area (Å²) in [7, 11) is 1.70. The smallest absolute Gasteiger partial charge is 0.119 e. The van der Waals surface area contributed by atoms with Crippen molar-refractivity contribution in [3.8, 4) is 5.75 Å². The average molecular weight is 217 g/mol. The van der Waals surface area contributed by atoms with Crippen molar-refractivity contribution in [2.45, 2.75) is 32.2 Å². The van der Waals surface area contributed by atoms with Gasteiger partial charge in [-0.25, -0.2) is 0 Å². The summed E-state index contributed by atoms with van der Waals surface area (Å²) in [5.41, 5.74) is 9.88. The third-order valence-corrected chi connectivity index (χ3v) is 3.17. The number of aryl methyl sites for hydroxylation is 1. The van der Waals surface area contributed by atoms with Crippen molar-refractivity contribution in [3.63, 3.8) is 0 Å². The van der Waals surface area contributed by atoms with Gasteiger partial charge in [-0.3, -0.25) is 0 Å². The zero-order valence-corrected chi connectivity index (χ0v) is 10.2. The van der Waals surface area contributed by atoms with Crippen LogP contribution in [0, 0.1) is 0 Å². The number of hydrogen-bond donors (Lipinski definition) is 1. The van der Waals surface area contributed by atoms with Crippen LogP contribution in [0.15, 0.2) is 23.8 Å². The number of benzene rings is 1. The van der Waals surface area contributed by atoms with Crippen LogP contribution in [-0.2, 0) is 6.42 Å². The summed E-state index contributed by atoms with van der Waals surface area (Å²) in [6, 6.07) is 6.23. The van der Waals surface area contributed by atoms with Gasteiger partial charge in [0.25, 0.3) is 0 Å². The quantitative estimate of drug-likeness (QED) is 0.826. The van der Waals surface area contributed by atoms with Crippen molar-refractivity contribution in [2.75, 3.05) is 7.11 Å². The van der Waals surface area contributed by atoms with Crippen LogP contribution in [0.25, 0.3) is 6.08 Å². The molecule has 0 aliphatic heterocycles. The molecule has 86 valence electrons. The number of nitrogens with two attached hydrogens (primary N) is 1. The van der Waals surface area contributed by atoms with Gasteiger partial charge < -0.3 is 10.5 Å². The number of fused-ring (bicyclic) bond motifs is 1. The first-order valence-corrected chi connectivity index (χ1v) is 5.67. The van der Waals surface area contributed by atoms with E-state index < -0.39 is 0 Å². The molecule has 0 unspecified atom stereocenters. The minimum atomic E-state index is -0.211. The molecule has 1 aromatic carbocycles. The molecular formula is C14H19NO. The molecule has 1 aliphatic carbocycles. The van der Waals surface area contributed by atoms with Gasteiger partial charge in [0.05, 0.1) is 7.11 Å². The summed E-state index contributed by atoms with van der Waals surface area (Å²) < 4.78 is 5.23. The second-order valence-electron chi connectivity index (χ2n) is 4.96. The molecule has 16 heavy (non-hydrogen) atoms. The minimum absolute atomic E-state index is 0.211. The Morgan fingerprint density at radius 2 is 2.00 bits per heavy atom. The molecule has 1 aromatic rings. The highest BCUT2D eigenvalue weighted by atomic mass is 16.5. The van der Waals surface area contributed by atoms with E-state index in [0.29, 0.717) is 0 Å². The fourth-order valence-corrected chi connectivity index (χ4v) is 2.10. The Kier molecular flexibility index (Phi) is 2.76. The molecule has 0 fully saturated rings. The minimum Gasteiger partial charge on any atom is -0.497 e. The van der Waals surface area contributed by atoms with Gasteiger partial charge in [-0.2, -0.15) is 0 Å². The zero-order valence-electron chi connectivity index (χ0n) is 10.2. The maximum Gasteiger partial charge on any atom is 0.119 e. The van der Waals surface area contributed by atoms with Crippen molar-refractivity contribution < 1.29 is 4.74 Å². The summed E-state index contributed by atoms with van der Waals surface area (Å²) in [5.74, 6) is 0.933. The van der Waals surface area contributed by atoms with Crippen molar-refractivity contribution in [1.29, 1.82) is 0 Å². The van der Waals surface area contributed by atoms with E-state index in [9.17, 15) is 0 Å². The maximum atomic E-state index is 6.13. The van der Waals surface area contributed by atoms with Crippen molar-refractivity contribution in [3.05, 3.63) is 34.9 Å². The molecule has 0 spiro atoms. The van der Waals surface area contributed by atoms with Crippen LogP contribution < -0.4 is 10.5 Å². The van der Waals surface area contributed by atoms with Gasteiger partial charge in [-0.05, 0) is 49.9 Å². The topological polar surface area (TPSA) is 35.2 Å². The molecule has 0 saturated heterocycles. The Hall–Kier alpha value is -1.28. The van der Waals surface area contributed by atoms with Crippen LogP contribution >= 0.6 is 0 Å². The molecule has 2 N–H and O–H groups in total. The summed E-state index contributed by atoms with van der Waals surface area (Å²) in [5, 5.41) is 0. The Balaban J connectivity index is 2.38. The second-order valence-corrected chi connectivity index (χ2v) is 4.96. The Bertz CT molecular complexity index is 427. The van der Waals surface area contributed by atoms with Gasteiger partial charge in [0.2, 0.25) is 0 Å². The number of hydrogen-bond acceptors (Lipinski definition) is 2. The lowest BCUT2D eigenvalue weighted by atomic mass is 9.83. The standard InChI is InChI=1S/C14H19NO/c1-14(2,15)12-6-4-11-9-13(16-3)7-5-10(11)8-12/h5,7-9H,4,6,15H2,1-3H3. The van der Waals surface area contributed by atoms with E-state index in [-0.39, 0.29) is 5.54 Å². The molecule has 0 aromatic heterocycles. The first-order valence-electron chi connectivity index (χ1n) is 5.67. The normalized spacial score (nSPS) is 15.4. The van der Waals surface area contributed by atoms with E-state index in [0.717, 1.165) is 18.6 Å². The van der Waals surface area contributed by atoms with Crippen molar-refractivity contribution >= 4 is 6.08 Å². The monoisotopic (exact) mass is 217 g/mol. The van der Waals surface area contributed by atoms with E-state index in [2.05, 4.69) is 32.1 Å². The lowest BCUT2D eigenvalue weighted by Crippen LogP contribution is -2.35. The first kappa shape index (κ1) is 11.2. The summed E-state index contributed by atoms with van der Waals surface area (Å²) in [6.45, 7) is 4.13. The second kappa shape index (κ2) is 3.95. The molecule has 0 atom stereocenters. The Morgan fingerprint density at radius 1 is 1.25 bits per heavy atom. The van der Waals surface area contributed by atoms with Crippen molar-refractivity contribution in [1.82, 2.24) is 0 Å². The zero-order chi connectivity index (χ0) is 11.8. The van der Waals surface area contributed by atoms with E-state index in [4.69, 9.17) is 10.5 Å². The average Bonchev–Trinajstić information content (AvgIpc) is 2.26. The van der Waals surface area contributed by atoms with Gasteiger partial charge >= 0.3 is 0 Å². The molecular weight excluding hydrogens is 198 g/mol. The highest BCUT2D eigenvalue weighted by molar-refractivity contribution is 5.62. The van der Waals surface area contributed by atoms with Crippen LogP contribution in [0.5, 0.6) is 5.75 Å². The molecule has 0 radical (unpaired) electrons. The van der Waals surface area contributed by atoms with Gasteiger partial charge in [-0.15, -0.1) is 0 Å². The Labute approximate surface area is 97.1 Å². The fraction of sp³-hybridized carbons (Fsp3) is 0.429. The van der Waals surface area contributed by atoms with Gasteiger partial charge in [0.15, 0.2) is 0 Å². The molecule has 0 bridgehead atoms. The number of ether oxygens (including phenoxy) is 1. The predicted octanol–water partition coefficient (Wildman–Crippen LogP) is 2.76. The molecule has 0 heterocycles. The molecule has 0 saturated carbocycles. The summed E-state index contributed by atoms with van der Waals surface area (Å²) >= 11 is 0. The lowest BCUT2D eigenvalue weighted by molar-refractivity contribution is 0.414. The first-order chi connectivity index (χ1) is 7.50. The third-order valence-electron chi connectivity index (χ3n) is 3.17. The van der Waals surface area contributed by atoms with Gasteiger partial charge in [-0.1, -0.05) is 17.7 Å². The largest absolute Gasteiger partial charge is 0.497 e. The Morgan fingerprint density at radius 3 is 2.62 bits per heavy atom. The third kappa shape index (κ3) is 2.12. The molecule has 0 amide bonds. The van der Waals surface area contributed by atoms with Crippen LogP contribution in [0.2, 0.25) is 0 Å². The molecule has 2 heteroatoms.